The number of ether oxygens (including phenoxy) is 2. The first-order valence-corrected chi connectivity index (χ1v) is 13.8. The summed E-state index contributed by atoms with van der Waals surface area (Å²) in [7, 11) is 0. The highest BCUT2D eigenvalue weighted by Gasteiger charge is 2.53. The Kier molecular flexibility index (Phi) is 5.65. The topological polar surface area (TPSA) is 59.6 Å². The highest BCUT2D eigenvalue weighted by Crippen LogP contribution is 2.57. The number of hydrogen-bond donors (Lipinski definition) is 2. The van der Waals surface area contributed by atoms with E-state index in [9.17, 15) is 4.79 Å². The Morgan fingerprint density at radius 1 is 0.585 bits per heavy atom. The monoisotopic (exact) mass is 538 g/mol. The molecule has 1 unspecified atom stereocenters. The van der Waals surface area contributed by atoms with E-state index in [1.165, 1.54) is 0 Å². The molecule has 2 aliphatic rings. The lowest BCUT2D eigenvalue weighted by Crippen LogP contribution is -2.33. The van der Waals surface area contributed by atoms with Crippen molar-refractivity contribution in [2.45, 2.75) is 31.8 Å². The number of anilines is 4. The maximum Gasteiger partial charge on any atom is 0.340 e. The summed E-state index contributed by atoms with van der Waals surface area (Å²) in [6, 6.07) is 38.1. The predicted molar refractivity (Wildman–Crippen MR) is 163 cm³/mol. The van der Waals surface area contributed by atoms with Crippen molar-refractivity contribution in [2.75, 3.05) is 10.6 Å². The molecule has 5 aromatic carbocycles. The van der Waals surface area contributed by atoms with Crippen LogP contribution in [0.25, 0.3) is 0 Å². The molecule has 0 fully saturated rings. The van der Waals surface area contributed by atoms with Crippen molar-refractivity contribution in [2.24, 2.45) is 0 Å². The fraction of sp³-hybridized carbons (Fsp3) is 0.139. The van der Waals surface area contributed by atoms with Gasteiger partial charge in [-0.15, -0.1) is 0 Å². The standard InChI is InChI=1S/C36H30N2O3/c1-35(2,3)23-13-20-32-31(21-23)36(29-12-8-7-11-28(29)34(39)41-36)30-19-18-27(22-33(30)40-32)38-26-16-14-25(15-17-26)37-24-9-5-4-6-10-24/h4-22,37-38H,1-3H3. The highest BCUT2D eigenvalue weighted by atomic mass is 16.6. The van der Waals surface area contributed by atoms with Gasteiger partial charge in [0.15, 0.2) is 5.60 Å². The molecule has 41 heavy (non-hydrogen) atoms. The normalized spacial score (nSPS) is 16.7. The van der Waals surface area contributed by atoms with Crippen LogP contribution in [0.2, 0.25) is 0 Å². The minimum absolute atomic E-state index is 0.0848. The number of para-hydroxylation sites is 1. The summed E-state index contributed by atoms with van der Waals surface area (Å²) in [4.78, 5) is 13.2. The first-order chi connectivity index (χ1) is 19.8. The van der Waals surface area contributed by atoms with Gasteiger partial charge < -0.3 is 20.1 Å². The van der Waals surface area contributed by atoms with Crippen molar-refractivity contribution in [1.82, 2.24) is 0 Å². The molecule has 5 aromatic rings. The van der Waals surface area contributed by atoms with Gasteiger partial charge in [0.05, 0.1) is 5.56 Å². The van der Waals surface area contributed by atoms with Crippen molar-refractivity contribution in [1.29, 1.82) is 0 Å². The second kappa shape index (κ2) is 9.27. The van der Waals surface area contributed by atoms with E-state index in [2.05, 4.69) is 43.5 Å². The molecule has 1 atom stereocenters. The molecule has 202 valence electrons. The van der Waals surface area contributed by atoms with E-state index in [4.69, 9.17) is 9.47 Å². The van der Waals surface area contributed by atoms with Gasteiger partial charge in [0.2, 0.25) is 0 Å². The van der Waals surface area contributed by atoms with E-state index in [1.54, 1.807) is 0 Å². The third kappa shape index (κ3) is 4.21. The molecule has 0 saturated heterocycles. The number of benzene rings is 5. The van der Waals surface area contributed by atoms with Gasteiger partial charge in [-0.25, -0.2) is 4.79 Å². The van der Waals surface area contributed by atoms with Crippen LogP contribution in [0.1, 0.15) is 53.4 Å². The zero-order valence-corrected chi connectivity index (χ0v) is 23.2. The summed E-state index contributed by atoms with van der Waals surface area (Å²) in [6.07, 6.45) is 0. The van der Waals surface area contributed by atoms with E-state index >= 15 is 0 Å². The average Bonchev–Trinajstić information content (AvgIpc) is 3.27. The van der Waals surface area contributed by atoms with Crippen molar-refractivity contribution >= 4 is 28.7 Å². The molecule has 2 heterocycles. The minimum atomic E-state index is -1.08. The maximum absolute atomic E-state index is 13.2. The molecule has 5 nitrogen and oxygen atoms in total. The van der Waals surface area contributed by atoms with Crippen LogP contribution in [0.5, 0.6) is 11.5 Å². The molecule has 0 amide bonds. The molecule has 7 rings (SSSR count). The summed E-state index contributed by atoms with van der Waals surface area (Å²) in [6.45, 7) is 6.53. The number of carbonyl (C=O) groups is 1. The van der Waals surface area contributed by atoms with E-state index in [0.717, 1.165) is 45.0 Å². The number of rotatable bonds is 4. The molecule has 0 bridgehead atoms. The largest absolute Gasteiger partial charge is 0.456 e. The Morgan fingerprint density at radius 2 is 1.22 bits per heavy atom. The van der Waals surface area contributed by atoms with Gasteiger partial charge in [-0.05, 0) is 77.7 Å². The summed E-state index contributed by atoms with van der Waals surface area (Å²) in [5, 5.41) is 6.90. The highest BCUT2D eigenvalue weighted by molar-refractivity contribution is 5.97. The third-order valence-electron chi connectivity index (χ3n) is 7.81. The lowest BCUT2D eigenvalue weighted by Gasteiger charge is -2.37. The molecule has 2 aliphatic heterocycles. The van der Waals surface area contributed by atoms with Crippen LogP contribution in [-0.2, 0) is 15.8 Å². The van der Waals surface area contributed by atoms with Gasteiger partial charge in [0, 0.05) is 45.5 Å². The Morgan fingerprint density at radius 3 is 1.95 bits per heavy atom. The third-order valence-corrected chi connectivity index (χ3v) is 7.81. The molecular formula is C36H30N2O3. The van der Waals surface area contributed by atoms with Gasteiger partial charge >= 0.3 is 5.97 Å². The molecule has 0 radical (unpaired) electrons. The first kappa shape index (κ1) is 25.0. The van der Waals surface area contributed by atoms with Gasteiger partial charge in [0.25, 0.3) is 0 Å². The molecule has 0 saturated carbocycles. The summed E-state index contributed by atoms with van der Waals surface area (Å²) >= 11 is 0. The second-order valence-electron chi connectivity index (χ2n) is 11.6. The van der Waals surface area contributed by atoms with Crippen molar-refractivity contribution < 1.29 is 14.3 Å². The van der Waals surface area contributed by atoms with Crippen molar-refractivity contribution in [3.8, 4) is 11.5 Å². The summed E-state index contributed by atoms with van der Waals surface area (Å²) in [5.74, 6) is 1.01. The molecular weight excluding hydrogens is 508 g/mol. The van der Waals surface area contributed by atoms with Gasteiger partial charge in [0.1, 0.15) is 11.5 Å². The van der Waals surface area contributed by atoms with Crippen LogP contribution in [0.3, 0.4) is 0 Å². The number of nitrogens with one attached hydrogen (secondary N) is 2. The zero-order chi connectivity index (χ0) is 28.2. The fourth-order valence-corrected chi connectivity index (χ4v) is 5.71. The molecule has 2 N–H and O–H groups in total. The first-order valence-electron chi connectivity index (χ1n) is 13.8. The Hall–Kier alpha value is -5.03. The van der Waals surface area contributed by atoms with Gasteiger partial charge in [-0.2, -0.15) is 0 Å². The van der Waals surface area contributed by atoms with E-state index < -0.39 is 5.60 Å². The van der Waals surface area contributed by atoms with Crippen LogP contribution in [0, 0.1) is 0 Å². The maximum atomic E-state index is 13.2. The summed E-state index contributed by atoms with van der Waals surface area (Å²) < 4.78 is 12.9. The SMILES string of the molecule is CC(C)(C)c1ccc2c(c1)C1(OC(=O)c3ccccc31)c1ccc(Nc3ccc(Nc4ccccc4)cc3)cc1O2. The average molecular weight is 539 g/mol. The Labute approximate surface area is 239 Å². The lowest BCUT2D eigenvalue weighted by molar-refractivity contribution is 0.0224. The number of carbonyl (C=O) groups excluding carboxylic acids is 1. The van der Waals surface area contributed by atoms with Crippen LogP contribution in [0.4, 0.5) is 22.7 Å². The quantitative estimate of drug-likeness (QED) is 0.224. The molecule has 0 aliphatic carbocycles. The van der Waals surface area contributed by atoms with E-state index in [-0.39, 0.29) is 11.4 Å². The fourth-order valence-electron chi connectivity index (χ4n) is 5.71. The number of fused-ring (bicyclic) bond motifs is 6. The van der Waals surface area contributed by atoms with Crippen molar-refractivity contribution in [3.63, 3.8) is 0 Å². The molecule has 1 spiro atoms. The lowest BCUT2D eigenvalue weighted by atomic mass is 9.75. The van der Waals surface area contributed by atoms with E-state index in [0.29, 0.717) is 17.1 Å². The minimum Gasteiger partial charge on any atom is -0.456 e. The van der Waals surface area contributed by atoms with Gasteiger partial charge in [-0.1, -0.05) is 63.2 Å². The van der Waals surface area contributed by atoms with Crippen LogP contribution in [0.15, 0.2) is 115 Å². The van der Waals surface area contributed by atoms with Gasteiger partial charge in [-0.3, -0.25) is 0 Å². The zero-order valence-electron chi connectivity index (χ0n) is 23.2. The Balaban J connectivity index is 1.27. The van der Waals surface area contributed by atoms with Crippen LogP contribution < -0.4 is 15.4 Å². The Bertz CT molecular complexity index is 1790. The second-order valence-corrected chi connectivity index (χ2v) is 11.6. The van der Waals surface area contributed by atoms with Crippen LogP contribution >= 0.6 is 0 Å². The van der Waals surface area contributed by atoms with Crippen molar-refractivity contribution in [3.05, 3.63) is 143 Å². The number of hydrogen-bond acceptors (Lipinski definition) is 5. The summed E-state index contributed by atoms with van der Waals surface area (Å²) in [5.41, 5.74) is 6.91. The number of esters is 1. The van der Waals surface area contributed by atoms with Crippen LogP contribution in [-0.4, -0.2) is 5.97 Å². The van der Waals surface area contributed by atoms with E-state index in [1.807, 2.05) is 103 Å². The molecule has 5 heteroatoms. The predicted octanol–water partition coefficient (Wildman–Crippen LogP) is 9.04. The molecule has 0 aromatic heterocycles. The smallest absolute Gasteiger partial charge is 0.340 e.